The number of amides is 1. The molecule has 0 saturated carbocycles. The Kier molecular flexibility index (Phi) is 7.83. The molecule has 0 aliphatic heterocycles. The van der Waals surface area contributed by atoms with Crippen molar-refractivity contribution in [3.05, 3.63) is 29.8 Å². The smallest absolute Gasteiger partial charge is 0.222 e. The second-order valence-corrected chi connectivity index (χ2v) is 5.48. The van der Waals surface area contributed by atoms with Gasteiger partial charge in [-0.25, -0.2) is 0 Å². The number of nitrogens with two attached hydrogens (primary N) is 1. The Balaban J connectivity index is 2.50. The molecule has 0 saturated heterocycles. The summed E-state index contributed by atoms with van der Waals surface area (Å²) in [6, 6.07) is 7.87. The number of ether oxygens (including phenoxy) is 1. The number of nitrogens with zero attached hydrogens (tertiary/aromatic N) is 1. The minimum absolute atomic E-state index is 0.220. The predicted octanol–water partition coefficient (Wildman–Crippen LogP) is 2.81. The molecule has 4 nitrogen and oxygen atoms in total. The van der Waals surface area contributed by atoms with Crippen LogP contribution in [0.3, 0.4) is 0 Å². The van der Waals surface area contributed by atoms with Gasteiger partial charge < -0.3 is 15.4 Å². The van der Waals surface area contributed by atoms with Crippen molar-refractivity contribution in [1.29, 1.82) is 0 Å². The van der Waals surface area contributed by atoms with Gasteiger partial charge in [0.25, 0.3) is 0 Å². The average Bonchev–Trinajstić information content (AvgIpc) is 2.51. The van der Waals surface area contributed by atoms with Gasteiger partial charge in [-0.15, -0.1) is 0 Å². The molecule has 1 rings (SSSR count). The minimum Gasteiger partial charge on any atom is -0.497 e. The van der Waals surface area contributed by atoms with Crippen LogP contribution in [0.15, 0.2) is 24.3 Å². The molecule has 2 N–H and O–H groups in total. The lowest BCUT2D eigenvalue weighted by Crippen LogP contribution is -2.30. The number of carbonyl (C=O) groups excluding carboxylic acids is 1. The lowest BCUT2D eigenvalue weighted by molar-refractivity contribution is -0.131. The van der Waals surface area contributed by atoms with Crippen LogP contribution in [0.2, 0.25) is 0 Å². The van der Waals surface area contributed by atoms with Crippen LogP contribution in [0.4, 0.5) is 0 Å². The first-order chi connectivity index (χ1) is 10.1. The van der Waals surface area contributed by atoms with Gasteiger partial charge in [0.2, 0.25) is 5.91 Å². The van der Waals surface area contributed by atoms with Gasteiger partial charge in [-0.1, -0.05) is 19.1 Å². The fraction of sp³-hybridized carbons (Fsp3) is 0.588. The fourth-order valence-electron chi connectivity index (χ4n) is 2.28. The Morgan fingerprint density at radius 3 is 2.48 bits per heavy atom. The maximum absolute atomic E-state index is 12.3. The van der Waals surface area contributed by atoms with Crippen molar-refractivity contribution in [3.8, 4) is 5.75 Å². The van der Waals surface area contributed by atoms with E-state index in [0.29, 0.717) is 25.4 Å². The van der Waals surface area contributed by atoms with Gasteiger partial charge in [0.15, 0.2) is 0 Å². The van der Waals surface area contributed by atoms with Crippen LogP contribution in [0, 0.1) is 5.92 Å². The summed E-state index contributed by atoms with van der Waals surface area (Å²) in [6.07, 6.45) is 2.50. The quantitative estimate of drug-likeness (QED) is 0.761. The molecule has 21 heavy (non-hydrogen) atoms. The van der Waals surface area contributed by atoms with E-state index in [1.807, 2.05) is 36.1 Å². The Morgan fingerprint density at radius 2 is 1.95 bits per heavy atom. The highest BCUT2D eigenvalue weighted by Crippen LogP contribution is 2.15. The van der Waals surface area contributed by atoms with E-state index in [4.69, 9.17) is 10.5 Å². The molecule has 0 radical (unpaired) electrons. The average molecular weight is 292 g/mol. The van der Waals surface area contributed by atoms with Crippen molar-refractivity contribution < 1.29 is 9.53 Å². The second-order valence-electron chi connectivity index (χ2n) is 5.48. The molecule has 1 aromatic carbocycles. The number of methoxy groups -OCH3 is 1. The van der Waals surface area contributed by atoms with E-state index in [1.165, 1.54) is 0 Å². The first-order valence-electron chi connectivity index (χ1n) is 7.71. The second kappa shape index (κ2) is 9.40. The Morgan fingerprint density at radius 1 is 1.29 bits per heavy atom. The number of benzene rings is 1. The van der Waals surface area contributed by atoms with Crippen LogP contribution in [-0.4, -0.2) is 31.0 Å². The third-order valence-corrected chi connectivity index (χ3v) is 3.78. The lowest BCUT2D eigenvalue weighted by Gasteiger charge is -2.22. The number of hydrogen-bond acceptors (Lipinski definition) is 3. The zero-order valence-corrected chi connectivity index (χ0v) is 13.5. The molecule has 118 valence electrons. The van der Waals surface area contributed by atoms with E-state index in [2.05, 4.69) is 6.92 Å². The van der Waals surface area contributed by atoms with E-state index in [0.717, 1.165) is 30.7 Å². The molecule has 0 spiro atoms. The molecule has 1 amide bonds. The molecule has 0 aliphatic rings. The van der Waals surface area contributed by atoms with Crippen molar-refractivity contribution in [1.82, 2.24) is 4.90 Å². The number of rotatable bonds is 9. The lowest BCUT2D eigenvalue weighted by atomic mass is 10.0. The van der Waals surface area contributed by atoms with Crippen molar-refractivity contribution in [3.63, 3.8) is 0 Å². The molecule has 4 heteroatoms. The van der Waals surface area contributed by atoms with Gasteiger partial charge in [-0.3, -0.25) is 4.79 Å². The highest BCUT2D eigenvalue weighted by atomic mass is 16.5. The van der Waals surface area contributed by atoms with Gasteiger partial charge in [-0.05, 0) is 49.9 Å². The highest BCUT2D eigenvalue weighted by Gasteiger charge is 2.13. The largest absolute Gasteiger partial charge is 0.497 e. The van der Waals surface area contributed by atoms with E-state index in [-0.39, 0.29) is 5.91 Å². The van der Waals surface area contributed by atoms with Crippen molar-refractivity contribution >= 4 is 5.91 Å². The van der Waals surface area contributed by atoms with Crippen LogP contribution in [-0.2, 0) is 11.3 Å². The van der Waals surface area contributed by atoms with Crippen LogP contribution in [0.1, 0.15) is 38.7 Å². The van der Waals surface area contributed by atoms with Crippen LogP contribution in [0.25, 0.3) is 0 Å². The van der Waals surface area contributed by atoms with E-state index >= 15 is 0 Å². The summed E-state index contributed by atoms with van der Waals surface area (Å²) in [6.45, 7) is 6.25. The van der Waals surface area contributed by atoms with Crippen LogP contribution >= 0.6 is 0 Å². The third kappa shape index (κ3) is 6.17. The Hall–Kier alpha value is -1.55. The van der Waals surface area contributed by atoms with E-state index in [9.17, 15) is 4.79 Å². The molecule has 0 heterocycles. The monoisotopic (exact) mass is 292 g/mol. The molecule has 1 aromatic rings. The van der Waals surface area contributed by atoms with Gasteiger partial charge >= 0.3 is 0 Å². The summed E-state index contributed by atoms with van der Waals surface area (Å²) in [4.78, 5) is 14.2. The maximum Gasteiger partial charge on any atom is 0.222 e. The first kappa shape index (κ1) is 17.5. The highest BCUT2D eigenvalue weighted by molar-refractivity contribution is 5.76. The minimum atomic E-state index is 0.220. The Labute approximate surface area is 128 Å². The predicted molar refractivity (Wildman–Crippen MR) is 86.2 cm³/mol. The summed E-state index contributed by atoms with van der Waals surface area (Å²) in [5.41, 5.74) is 6.67. The normalized spacial score (nSPS) is 12.0. The van der Waals surface area contributed by atoms with Gasteiger partial charge in [-0.2, -0.15) is 0 Å². The van der Waals surface area contributed by atoms with E-state index < -0.39 is 0 Å². The van der Waals surface area contributed by atoms with Gasteiger partial charge in [0.05, 0.1) is 7.11 Å². The van der Waals surface area contributed by atoms with Gasteiger partial charge in [0, 0.05) is 19.5 Å². The first-order valence-corrected chi connectivity index (χ1v) is 7.71. The molecule has 0 aromatic heterocycles. The van der Waals surface area contributed by atoms with E-state index in [1.54, 1.807) is 7.11 Å². The molecular weight excluding hydrogens is 264 g/mol. The summed E-state index contributed by atoms with van der Waals surface area (Å²) < 4.78 is 5.15. The number of hydrogen-bond donors (Lipinski definition) is 1. The van der Waals surface area contributed by atoms with Gasteiger partial charge in [0.1, 0.15) is 5.75 Å². The molecule has 0 bridgehead atoms. The zero-order valence-electron chi connectivity index (χ0n) is 13.5. The number of carbonyl (C=O) groups is 1. The fourth-order valence-corrected chi connectivity index (χ4v) is 2.28. The van der Waals surface area contributed by atoms with Crippen LogP contribution < -0.4 is 10.5 Å². The SMILES string of the molecule is CCN(Cc1ccc(OC)cc1)C(=O)CCC(C)CCN. The summed E-state index contributed by atoms with van der Waals surface area (Å²) >= 11 is 0. The third-order valence-electron chi connectivity index (χ3n) is 3.78. The summed E-state index contributed by atoms with van der Waals surface area (Å²) in [5.74, 6) is 1.57. The van der Waals surface area contributed by atoms with Crippen LogP contribution in [0.5, 0.6) is 5.75 Å². The molecule has 1 unspecified atom stereocenters. The molecule has 0 aliphatic carbocycles. The molecule has 0 fully saturated rings. The summed E-state index contributed by atoms with van der Waals surface area (Å²) in [7, 11) is 1.65. The topological polar surface area (TPSA) is 55.6 Å². The summed E-state index contributed by atoms with van der Waals surface area (Å²) in [5, 5.41) is 0. The zero-order chi connectivity index (χ0) is 15.7. The maximum atomic E-state index is 12.3. The molecule has 1 atom stereocenters. The standard InChI is InChI=1S/C17H28N2O2/c1-4-19(17(20)10-5-14(2)11-12-18)13-15-6-8-16(21-3)9-7-15/h6-9,14H,4-5,10-13,18H2,1-3H3. The van der Waals surface area contributed by atoms with Crippen molar-refractivity contribution in [2.45, 2.75) is 39.7 Å². The molecular formula is C17H28N2O2. The van der Waals surface area contributed by atoms with Crippen molar-refractivity contribution in [2.24, 2.45) is 11.7 Å². The van der Waals surface area contributed by atoms with Crippen molar-refractivity contribution in [2.75, 3.05) is 20.2 Å². The Bertz CT molecular complexity index is 417.